The molecule has 2 rings (SSSR count). The third kappa shape index (κ3) is 8.01. The molecule has 0 spiro atoms. The Kier molecular flexibility index (Phi) is 10.4. The number of unbranched alkanes of at least 4 members (excludes halogenated alkanes) is 1. The molecule has 5 nitrogen and oxygen atoms in total. The predicted molar refractivity (Wildman–Crippen MR) is 149 cm³/mol. The Morgan fingerprint density at radius 2 is 1.83 bits per heavy atom. The summed E-state index contributed by atoms with van der Waals surface area (Å²) in [6.45, 7) is 19.2. The number of hydrogen-bond donors (Lipinski definition) is 1. The van der Waals surface area contributed by atoms with Crippen molar-refractivity contribution in [2.24, 2.45) is 5.92 Å². The summed E-state index contributed by atoms with van der Waals surface area (Å²) in [5.74, 6) is 0.720. The highest BCUT2D eigenvalue weighted by Gasteiger charge is 2.55. The number of hydrogen-bond acceptors (Lipinski definition) is 5. The molecule has 1 heterocycles. The number of ether oxygens (including phenoxy) is 2. The second kappa shape index (κ2) is 12.2. The fraction of sp³-hybridized carbons (Fsp3) is 0.714. The zero-order valence-corrected chi connectivity index (χ0v) is 24.3. The molecule has 1 aromatic rings. The van der Waals surface area contributed by atoms with Crippen molar-refractivity contribution in [2.75, 3.05) is 12.4 Å². The topological polar surface area (TPSA) is 61.8 Å². The molecule has 7 heteroatoms. The van der Waals surface area contributed by atoms with E-state index in [2.05, 4.69) is 41.5 Å². The maximum Gasteiger partial charge on any atom is 0.379 e. The largest absolute Gasteiger partial charge is 0.465 e. The lowest BCUT2D eigenvalue weighted by atomic mass is 9.83. The first-order valence-corrected chi connectivity index (χ1v) is 14.7. The molecule has 198 valence electrons. The van der Waals surface area contributed by atoms with E-state index in [0.29, 0.717) is 24.5 Å². The number of thiol groups is 1. The quantitative estimate of drug-likeness (QED) is 0.224. The summed E-state index contributed by atoms with van der Waals surface area (Å²) in [4.78, 5) is 25.3. The summed E-state index contributed by atoms with van der Waals surface area (Å²) in [7, 11) is -0.721. The number of carbonyl (C=O) groups excluding carboxylic acids is 2. The zero-order chi connectivity index (χ0) is 26.4. The summed E-state index contributed by atoms with van der Waals surface area (Å²) in [5.41, 5.74) is 0.580. The molecule has 2 atom stereocenters. The van der Waals surface area contributed by atoms with E-state index in [1.807, 2.05) is 39.0 Å². The second-order valence-electron chi connectivity index (χ2n) is 11.7. The molecule has 0 aliphatic carbocycles. The van der Waals surface area contributed by atoms with Crippen LogP contribution < -0.4 is 5.46 Å². The normalized spacial score (nSPS) is 20.9. The first kappa shape index (κ1) is 29.8. The SMILES string of the molecule is CCCCC(CC)COC(=O)CC[SH]1B(c2cccc(C(=O)OC(C)(C)C)c2)OC(C)(C)C1(C)C. The van der Waals surface area contributed by atoms with Crippen LogP contribution >= 0.6 is 10.7 Å². The molecule has 1 aliphatic heterocycles. The van der Waals surface area contributed by atoms with Gasteiger partial charge in [-0.05, 0) is 70.3 Å². The van der Waals surface area contributed by atoms with Crippen LogP contribution in [0.4, 0.5) is 0 Å². The maximum atomic E-state index is 12.7. The summed E-state index contributed by atoms with van der Waals surface area (Å²) in [5, 5.41) is 0. The lowest BCUT2D eigenvalue weighted by Crippen LogP contribution is -2.41. The van der Waals surface area contributed by atoms with E-state index in [-0.39, 0.29) is 28.5 Å². The van der Waals surface area contributed by atoms with Crippen LogP contribution in [0.2, 0.25) is 0 Å². The van der Waals surface area contributed by atoms with Gasteiger partial charge in [-0.2, -0.15) is 0 Å². The Bertz CT molecular complexity index is 861. The summed E-state index contributed by atoms with van der Waals surface area (Å²) in [6.07, 6.45) is 4.71. The summed E-state index contributed by atoms with van der Waals surface area (Å²) >= 11 is 0. The van der Waals surface area contributed by atoms with E-state index in [4.69, 9.17) is 14.1 Å². The first-order valence-electron chi connectivity index (χ1n) is 13.1. The molecule has 1 aliphatic rings. The molecule has 2 unspecified atom stereocenters. The van der Waals surface area contributed by atoms with Crippen molar-refractivity contribution >= 4 is 34.3 Å². The van der Waals surface area contributed by atoms with Crippen molar-refractivity contribution in [1.82, 2.24) is 0 Å². The van der Waals surface area contributed by atoms with Crippen molar-refractivity contribution in [3.8, 4) is 0 Å². The highest BCUT2D eigenvalue weighted by molar-refractivity contribution is 8.41. The predicted octanol–water partition coefficient (Wildman–Crippen LogP) is 6.08. The van der Waals surface area contributed by atoms with Gasteiger partial charge in [0.1, 0.15) is 5.60 Å². The van der Waals surface area contributed by atoms with Gasteiger partial charge >= 0.3 is 18.1 Å². The van der Waals surface area contributed by atoms with E-state index in [0.717, 1.165) is 30.5 Å². The zero-order valence-electron chi connectivity index (χ0n) is 23.4. The summed E-state index contributed by atoms with van der Waals surface area (Å²) in [6, 6.07) is 7.58. The average molecular weight is 507 g/mol. The number of carbonyl (C=O) groups is 2. The van der Waals surface area contributed by atoms with Gasteiger partial charge in [0.15, 0.2) is 0 Å². The van der Waals surface area contributed by atoms with Gasteiger partial charge < -0.3 is 14.1 Å². The summed E-state index contributed by atoms with van der Waals surface area (Å²) < 4.78 is 17.8. The van der Waals surface area contributed by atoms with Gasteiger partial charge in [-0.1, -0.05) is 59.1 Å². The lowest BCUT2D eigenvalue weighted by Gasteiger charge is -2.40. The van der Waals surface area contributed by atoms with Crippen LogP contribution in [0.5, 0.6) is 0 Å². The maximum absolute atomic E-state index is 12.7. The fourth-order valence-corrected chi connectivity index (χ4v) is 7.78. The Labute approximate surface area is 216 Å². The van der Waals surface area contributed by atoms with Gasteiger partial charge in [0.05, 0.1) is 24.2 Å². The molecule has 0 bridgehead atoms. The van der Waals surface area contributed by atoms with Gasteiger partial charge in [-0.15, -0.1) is 0 Å². The highest BCUT2D eigenvalue weighted by atomic mass is 32.2. The average Bonchev–Trinajstić information content (AvgIpc) is 2.95. The van der Waals surface area contributed by atoms with Crippen LogP contribution in [0.1, 0.15) is 105 Å². The van der Waals surface area contributed by atoms with Gasteiger partial charge in [-0.3, -0.25) is 4.79 Å². The first-order chi connectivity index (χ1) is 16.2. The van der Waals surface area contributed by atoms with Gasteiger partial charge in [-0.25, -0.2) is 15.5 Å². The van der Waals surface area contributed by atoms with Crippen molar-refractivity contribution in [1.29, 1.82) is 0 Å². The van der Waals surface area contributed by atoms with Crippen LogP contribution in [-0.4, -0.2) is 46.4 Å². The van der Waals surface area contributed by atoms with Crippen molar-refractivity contribution < 1.29 is 23.7 Å². The number of esters is 2. The standard InChI is InChI=1S/C28H47BO5S/c1-10-12-14-21(11-2)20-32-24(30)17-18-35-28(8,9)27(6,7)34-29(35)23-16-13-15-22(19-23)25(31)33-26(3,4)5/h13,15-16,19,21,35H,10-12,14,17-18,20H2,1-9H3. The van der Waals surface area contributed by atoms with Crippen molar-refractivity contribution in [3.63, 3.8) is 0 Å². The van der Waals surface area contributed by atoms with Crippen LogP contribution in [0.3, 0.4) is 0 Å². The molecule has 35 heavy (non-hydrogen) atoms. The van der Waals surface area contributed by atoms with Crippen LogP contribution in [0, 0.1) is 5.92 Å². The minimum atomic E-state index is -0.721. The monoisotopic (exact) mass is 506 g/mol. The Morgan fingerprint density at radius 1 is 1.14 bits per heavy atom. The van der Waals surface area contributed by atoms with Crippen LogP contribution in [0.25, 0.3) is 0 Å². The molecular weight excluding hydrogens is 459 g/mol. The van der Waals surface area contributed by atoms with E-state index >= 15 is 0 Å². The molecule has 0 aromatic heterocycles. The molecular formula is C28H47BO5S. The van der Waals surface area contributed by atoms with Gasteiger partial charge in [0.25, 0.3) is 0 Å². The van der Waals surface area contributed by atoms with E-state index in [9.17, 15) is 9.59 Å². The number of benzene rings is 1. The van der Waals surface area contributed by atoms with Crippen molar-refractivity contribution in [3.05, 3.63) is 29.8 Å². The van der Waals surface area contributed by atoms with E-state index in [1.54, 1.807) is 6.07 Å². The Balaban J connectivity index is 2.15. The van der Waals surface area contributed by atoms with Crippen LogP contribution in [-0.2, 0) is 18.9 Å². The second-order valence-corrected chi connectivity index (χ2v) is 14.7. The fourth-order valence-electron chi connectivity index (χ4n) is 4.32. The van der Waals surface area contributed by atoms with Crippen molar-refractivity contribution in [2.45, 2.75) is 110 Å². The molecule has 1 saturated heterocycles. The molecule has 0 N–H and O–H groups in total. The van der Waals surface area contributed by atoms with E-state index < -0.39 is 16.3 Å². The molecule has 1 aromatic carbocycles. The van der Waals surface area contributed by atoms with E-state index in [1.165, 1.54) is 6.42 Å². The third-order valence-corrected chi connectivity index (χ3v) is 10.9. The minimum absolute atomic E-state index is 0.109. The molecule has 0 radical (unpaired) electrons. The minimum Gasteiger partial charge on any atom is -0.465 e. The third-order valence-electron chi connectivity index (χ3n) is 7.27. The smallest absolute Gasteiger partial charge is 0.379 e. The molecule has 0 amide bonds. The number of rotatable bonds is 11. The Morgan fingerprint density at radius 3 is 2.43 bits per heavy atom. The van der Waals surface area contributed by atoms with Gasteiger partial charge in [0.2, 0.25) is 0 Å². The van der Waals surface area contributed by atoms with Gasteiger partial charge in [0, 0.05) is 4.75 Å². The lowest BCUT2D eigenvalue weighted by molar-refractivity contribution is -0.144. The molecule has 0 saturated carbocycles. The van der Waals surface area contributed by atoms with Crippen LogP contribution in [0.15, 0.2) is 24.3 Å². The Hall–Kier alpha value is -1.47. The highest BCUT2D eigenvalue weighted by Crippen LogP contribution is 2.57. The molecule has 1 fully saturated rings.